The van der Waals surface area contributed by atoms with E-state index in [-0.39, 0.29) is 24.0 Å². The predicted molar refractivity (Wildman–Crippen MR) is 58.8 cm³/mol. The summed E-state index contributed by atoms with van der Waals surface area (Å²) in [6.07, 6.45) is 0. The Balaban J connectivity index is 0.00000169. The van der Waals surface area contributed by atoms with E-state index in [4.69, 9.17) is 0 Å². The van der Waals surface area contributed by atoms with Crippen LogP contribution >= 0.6 is 28.3 Å². The van der Waals surface area contributed by atoms with Crippen molar-refractivity contribution in [1.82, 2.24) is 5.32 Å². The molecule has 80 valence electrons. The molecule has 1 nitrogen and oxygen atoms in total. The molecule has 5 heteroatoms. The second-order valence-corrected chi connectivity index (χ2v) is 3.71. The van der Waals surface area contributed by atoms with Gasteiger partial charge in [-0.2, -0.15) is 0 Å². The van der Waals surface area contributed by atoms with Crippen LogP contribution in [0, 0.1) is 11.6 Å². The molecule has 0 amide bonds. The molecule has 1 atom stereocenters. The molecule has 0 aliphatic heterocycles. The molecule has 1 aromatic rings. The zero-order chi connectivity index (χ0) is 10.0. The summed E-state index contributed by atoms with van der Waals surface area (Å²) in [7, 11) is 1.66. The molecule has 1 N–H and O–H groups in total. The van der Waals surface area contributed by atoms with Gasteiger partial charge in [-0.1, -0.05) is 15.9 Å². The average molecular weight is 287 g/mol. The van der Waals surface area contributed by atoms with Crippen molar-refractivity contribution < 1.29 is 8.78 Å². The van der Waals surface area contributed by atoms with Crippen LogP contribution in [0.1, 0.15) is 18.5 Å². The van der Waals surface area contributed by atoms with Crippen molar-refractivity contribution in [1.29, 1.82) is 0 Å². The van der Waals surface area contributed by atoms with Crippen LogP contribution in [0.3, 0.4) is 0 Å². The number of benzene rings is 1. The summed E-state index contributed by atoms with van der Waals surface area (Å²) in [4.78, 5) is 0. The number of hydrogen-bond donors (Lipinski definition) is 1. The highest BCUT2D eigenvalue weighted by molar-refractivity contribution is 9.10. The quantitative estimate of drug-likeness (QED) is 0.878. The van der Waals surface area contributed by atoms with Crippen LogP contribution < -0.4 is 5.32 Å². The third-order valence-corrected chi connectivity index (χ3v) is 2.37. The van der Waals surface area contributed by atoms with Crippen LogP contribution in [0.4, 0.5) is 8.78 Å². The normalized spacial score (nSPS) is 12.1. The maximum atomic E-state index is 13.2. The second kappa shape index (κ2) is 5.63. The zero-order valence-corrected chi connectivity index (χ0v) is 10.2. The molecular formula is C9H11BrClF2N. The van der Waals surface area contributed by atoms with Crippen molar-refractivity contribution >= 4 is 28.3 Å². The predicted octanol–water partition coefficient (Wildman–Crippen LogP) is 3.43. The third kappa shape index (κ3) is 2.90. The Morgan fingerprint density at radius 3 is 2.07 bits per heavy atom. The standard InChI is InChI=1S/C9H10BrF2N.ClH/c1-5(13-2)9-7(11)3-6(10)4-8(9)12;/h3-5,13H,1-2H3;1H. The van der Waals surface area contributed by atoms with E-state index >= 15 is 0 Å². The van der Waals surface area contributed by atoms with Crippen LogP contribution in [0.5, 0.6) is 0 Å². The van der Waals surface area contributed by atoms with Gasteiger partial charge in [0.1, 0.15) is 11.6 Å². The summed E-state index contributed by atoms with van der Waals surface area (Å²) < 4.78 is 26.9. The van der Waals surface area contributed by atoms with Crippen LogP contribution in [-0.4, -0.2) is 7.05 Å². The molecule has 0 spiro atoms. The highest BCUT2D eigenvalue weighted by Gasteiger charge is 2.15. The van der Waals surface area contributed by atoms with Crippen LogP contribution in [-0.2, 0) is 0 Å². The molecule has 0 aromatic heterocycles. The average Bonchev–Trinajstić information content (AvgIpc) is 2.02. The Labute approximate surface area is 96.4 Å². The molecule has 0 aliphatic carbocycles. The van der Waals surface area contributed by atoms with Crippen molar-refractivity contribution in [3.8, 4) is 0 Å². The lowest BCUT2D eigenvalue weighted by atomic mass is 10.1. The lowest BCUT2D eigenvalue weighted by Crippen LogP contribution is -2.15. The Kier molecular flexibility index (Phi) is 5.56. The van der Waals surface area contributed by atoms with Crippen LogP contribution in [0.15, 0.2) is 16.6 Å². The third-order valence-electron chi connectivity index (χ3n) is 1.91. The maximum absolute atomic E-state index is 13.2. The van der Waals surface area contributed by atoms with Crippen LogP contribution in [0.2, 0.25) is 0 Å². The zero-order valence-electron chi connectivity index (χ0n) is 7.77. The fourth-order valence-electron chi connectivity index (χ4n) is 1.11. The lowest BCUT2D eigenvalue weighted by Gasteiger charge is -2.12. The first kappa shape index (κ1) is 13.8. The molecule has 0 aliphatic rings. The van der Waals surface area contributed by atoms with E-state index < -0.39 is 11.6 Å². The monoisotopic (exact) mass is 285 g/mol. The van der Waals surface area contributed by atoms with Gasteiger partial charge in [-0.25, -0.2) is 8.78 Å². The molecule has 1 aromatic carbocycles. The smallest absolute Gasteiger partial charge is 0.132 e. The Bertz CT molecular complexity index is 297. The second-order valence-electron chi connectivity index (χ2n) is 2.79. The van der Waals surface area contributed by atoms with E-state index in [2.05, 4.69) is 21.2 Å². The number of rotatable bonds is 2. The van der Waals surface area contributed by atoms with Gasteiger partial charge in [0, 0.05) is 16.1 Å². The summed E-state index contributed by atoms with van der Waals surface area (Å²) in [6.45, 7) is 1.70. The SMILES string of the molecule is CNC(C)c1c(F)cc(Br)cc1F.Cl. The Morgan fingerprint density at radius 1 is 1.29 bits per heavy atom. The Morgan fingerprint density at radius 2 is 1.71 bits per heavy atom. The fraction of sp³-hybridized carbons (Fsp3) is 0.333. The van der Waals surface area contributed by atoms with E-state index in [0.717, 1.165) is 0 Å². The first-order chi connectivity index (χ1) is 6.06. The number of hydrogen-bond acceptors (Lipinski definition) is 1. The van der Waals surface area contributed by atoms with E-state index in [9.17, 15) is 8.78 Å². The molecule has 0 fully saturated rings. The van der Waals surface area contributed by atoms with E-state index in [1.807, 2.05) is 0 Å². The molecule has 1 unspecified atom stereocenters. The van der Waals surface area contributed by atoms with Gasteiger partial charge < -0.3 is 5.32 Å². The van der Waals surface area contributed by atoms with E-state index in [1.165, 1.54) is 12.1 Å². The number of halogens is 4. The minimum atomic E-state index is -0.534. The Hall–Kier alpha value is -0.190. The molecular weight excluding hydrogens is 275 g/mol. The first-order valence-corrected chi connectivity index (χ1v) is 4.67. The van der Waals surface area contributed by atoms with Crippen molar-refractivity contribution in [2.45, 2.75) is 13.0 Å². The molecule has 1 rings (SSSR count). The molecule has 0 radical (unpaired) electrons. The molecule has 14 heavy (non-hydrogen) atoms. The molecule has 0 saturated carbocycles. The molecule has 0 saturated heterocycles. The molecule has 0 heterocycles. The minimum Gasteiger partial charge on any atom is -0.313 e. The number of nitrogens with one attached hydrogen (secondary N) is 1. The van der Waals surface area contributed by atoms with Gasteiger partial charge in [0.05, 0.1) is 0 Å². The first-order valence-electron chi connectivity index (χ1n) is 3.88. The van der Waals surface area contributed by atoms with Gasteiger partial charge in [-0.3, -0.25) is 0 Å². The van der Waals surface area contributed by atoms with Gasteiger partial charge in [0.15, 0.2) is 0 Å². The van der Waals surface area contributed by atoms with Gasteiger partial charge in [-0.15, -0.1) is 12.4 Å². The summed E-state index contributed by atoms with van der Waals surface area (Å²) in [6, 6.07) is 2.19. The van der Waals surface area contributed by atoms with Gasteiger partial charge in [0.2, 0.25) is 0 Å². The highest BCUT2D eigenvalue weighted by Crippen LogP contribution is 2.24. The fourth-order valence-corrected chi connectivity index (χ4v) is 1.51. The topological polar surface area (TPSA) is 12.0 Å². The highest BCUT2D eigenvalue weighted by atomic mass is 79.9. The van der Waals surface area contributed by atoms with Crippen molar-refractivity contribution in [2.75, 3.05) is 7.05 Å². The maximum Gasteiger partial charge on any atom is 0.132 e. The van der Waals surface area contributed by atoms with Gasteiger partial charge in [0.25, 0.3) is 0 Å². The summed E-state index contributed by atoms with van der Waals surface area (Å²) in [5.41, 5.74) is 0.0747. The van der Waals surface area contributed by atoms with Crippen molar-refractivity contribution in [2.24, 2.45) is 0 Å². The van der Waals surface area contributed by atoms with Crippen molar-refractivity contribution in [3.63, 3.8) is 0 Å². The van der Waals surface area contributed by atoms with E-state index in [1.54, 1.807) is 14.0 Å². The largest absolute Gasteiger partial charge is 0.313 e. The van der Waals surface area contributed by atoms with Gasteiger partial charge in [-0.05, 0) is 26.1 Å². The van der Waals surface area contributed by atoms with Crippen LogP contribution in [0.25, 0.3) is 0 Å². The summed E-state index contributed by atoms with van der Waals surface area (Å²) in [5.74, 6) is -1.07. The minimum absolute atomic E-state index is 0. The van der Waals surface area contributed by atoms with E-state index in [0.29, 0.717) is 4.47 Å². The van der Waals surface area contributed by atoms with Gasteiger partial charge >= 0.3 is 0 Å². The molecule has 0 bridgehead atoms. The van der Waals surface area contributed by atoms with Crippen molar-refractivity contribution in [3.05, 3.63) is 33.8 Å². The summed E-state index contributed by atoms with van der Waals surface area (Å²) >= 11 is 3.02. The lowest BCUT2D eigenvalue weighted by molar-refractivity contribution is 0.509. The summed E-state index contributed by atoms with van der Waals surface area (Å²) in [5, 5.41) is 2.79.